The third-order valence-electron chi connectivity index (χ3n) is 11.2. The van der Waals surface area contributed by atoms with Gasteiger partial charge in [-0.2, -0.15) is 0 Å². The van der Waals surface area contributed by atoms with Crippen LogP contribution >= 0.6 is 0 Å². The number of unbranched alkanes of at least 4 members (excludes halogenated alkanes) is 1. The van der Waals surface area contributed by atoms with Crippen LogP contribution < -0.4 is 4.74 Å². The Kier molecular flexibility index (Phi) is 13.8. The van der Waals surface area contributed by atoms with Gasteiger partial charge in [-0.25, -0.2) is 4.79 Å². The molecule has 0 radical (unpaired) electrons. The van der Waals surface area contributed by atoms with Crippen molar-refractivity contribution in [3.63, 3.8) is 0 Å². The molecule has 46 heavy (non-hydrogen) atoms. The standard InChI is InChI=1S/C42H64O2Si2/c1-8-11-35-15-21-38(22-16-35)39-25-27-41(28-26-39)44-42(43)40-23-17-36(18-24-40)12-9-10-29-45(4,5)30-31-46(6,7)32-34(3)37-19-13-33(2)14-20-37/h13,17-18,21,23-28,34-35,37H,8-12,14-16,19-20,22,29-32H2,1-7H3. The third-order valence-corrected chi connectivity index (χ3v) is 18.4. The maximum Gasteiger partial charge on any atom is 0.343 e. The summed E-state index contributed by atoms with van der Waals surface area (Å²) in [6.07, 6.45) is 18.8. The number of carbonyl (C=O) groups excluding carboxylic acids is 1. The number of rotatable bonds is 16. The van der Waals surface area contributed by atoms with E-state index >= 15 is 0 Å². The molecule has 252 valence electrons. The summed E-state index contributed by atoms with van der Waals surface area (Å²) in [6.45, 7) is 17.7. The Morgan fingerprint density at radius 3 is 2.20 bits per heavy atom. The van der Waals surface area contributed by atoms with E-state index in [2.05, 4.69) is 83.4 Å². The van der Waals surface area contributed by atoms with Crippen LogP contribution in [-0.2, 0) is 6.42 Å². The van der Waals surface area contributed by atoms with Crippen LogP contribution in [0.4, 0.5) is 0 Å². The molecule has 0 bridgehead atoms. The minimum Gasteiger partial charge on any atom is -0.423 e. The second-order valence-electron chi connectivity index (χ2n) is 16.6. The summed E-state index contributed by atoms with van der Waals surface area (Å²) in [4.78, 5) is 12.8. The summed E-state index contributed by atoms with van der Waals surface area (Å²) in [5.41, 5.74) is 6.23. The van der Waals surface area contributed by atoms with E-state index in [1.54, 1.807) is 5.57 Å². The smallest absolute Gasteiger partial charge is 0.343 e. The number of allylic oxidation sites excluding steroid dienone is 4. The third kappa shape index (κ3) is 11.8. The average Bonchev–Trinajstić information content (AvgIpc) is 3.04. The van der Waals surface area contributed by atoms with E-state index in [0.29, 0.717) is 11.3 Å². The molecule has 0 aromatic heterocycles. The van der Waals surface area contributed by atoms with E-state index in [0.717, 1.165) is 30.6 Å². The minimum absolute atomic E-state index is 0.280. The molecule has 2 aliphatic carbocycles. The summed E-state index contributed by atoms with van der Waals surface area (Å²) < 4.78 is 5.72. The van der Waals surface area contributed by atoms with Gasteiger partial charge in [-0.15, -0.1) is 0 Å². The molecular weight excluding hydrogens is 593 g/mol. The highest BCUT2D eigenvalue weighted by Crippen LogP contribution is 2.37. The number of hydrogen-bond acceptors (Lipinski definition) is 2. The second-order valence-corrected chi connectivity index (χ2v) is 27.1. The fraction of sp³-hybridized carbons (Fsp3) is 0.595. The number of carbonyl (C=O) groups is 1. The first-order valence-electron chi connectivity index (χ1n) is 18.7. The van der Waals surface area contributed by atoms with Gasteiger partial charge in [0.2, 0.25) is 0 Å². The zero-order valence-corrected chi connectivity index (χ0v) is 32.4. The van der Waals surface area contributed by atoms with Crippen molar-refractivity contribution >= 4 is 27.7 Å². The predicted molar refractivity (Wildman–Crippen MR) is 205 cm³/mol. The average molecular weight is 657 g/mol. The zero-order valence-electron chi connectivity index (χ0n) is 30.4. The molecule has 2 nitrogen and oxygen atoms in total. The summed E-state index contributed by atoms with van der Waals surface area (Å²) in [5, 5.41) is 0. The summed E-state index contributed by atoms with van der Waals surface area (Å²) >= 11 is 0. The highest BCUT2D eigenvalue weighted by molar-refractivity contribution is 6.82. The van der Waals surface area contributed by atoms with Crippen LogP contribution in [0.15, 0.2) is 66.3 Å². The molecule has 0 spiro atoms. The van der Waals surface area contributed by atoms with Gasteiger partial charge >= 0.3 is 5.97 Å². The van der Waals surface area contributed by atoms with E-state index in [4.69, 9.17) is 4.74 Å². The lowest BCUT2D eigenvalue weighted by Gasteiger charge is -2.34. The maximum absolute atomic E-state index is 12.8. The van der Waals surface area contributed by atoms with E-state index in [1.165, 1.54) is 98.7 Å². The fourth-order valence-electron chi connectivity index (χ4n) is 7.91. The van der Waals surface area contributed by atoms with Gasteiger partial charge in [-0.1, -0.05) is 125 Å². The van der Waals surface area contributed by atoms with Crippen LogP contribution in [0, 0.1) is 17.8 Å². The van der Waals surface area contributed by atoms with Crippen molar-refractivity contribution in [2.75, 3.05) is 0 Å². The molecule has 0 saturated carbocycles. The number of ether oxygens (including phenoxy) is 1. The van der Waals surface area contributed by atoms with Crippen molar-refractivity contribution in [2.45, 2.75) is 142 Å². The van der Waals surface area contributed by atoms with Gasteiger partial charge < -0.3 is 4.74 Å². The lowest BCUT2D eigenvalue weighted by atomic mass is 9.83. The molecule has 0 fully saturated rings. The Bertz CT molecular complexity index is 1300. The Morgan fingerprint density at radius 1 is 0.848 bits per heavy atom. The van der Waals surface area contributed by atoms with Gasteiger partial charge in [-0.05, 0) is 117 Å². The Hall–Kier alpha value is -2.18. The van der Waals surface area contributed by atoms with Crippen LogP contribution in [0.1, 0.15) is 106 Å². The molecule has 0 aliphatic heterocycles. The van der Waals surface area contributed by atoms with Crippen molar-refractivity contribution in [2.24, 2.45) is 17.8 Å². The molecule has 0 saturated heterocycles. The Labute approximate surface area is 284 Å². The predicted octanol–water partition coefficient (Wildman–Crippen LogP) is 13.0. The first-order chi connectivity index (χ1) is 21.9. The molecule has 2 aromatic rings. The Morgan fingerprint density at radius 2 is 1.57 bits per heavy atom. The fourth-order valence-corrected chi connectivity index (χ4v) is 17.1. The largest absolute Gasteiger partial charge is 0.423 e. The molecular formula is C42H64O2Si2. The second kappa shape index (κ2) is 17.3. The summed E-state index contributed by atoms with van der Waals surface area (Å²) in [6, 6.07) is 22.1. The molecule has 4 rings (SSSR count). The number of hydrogen-bond donors (Lipinski definition) is 0. The van der Waals surface area contributed by atoms with E-state index < -0.39 is 16.1 Å². The molecule has 0 N–H and O–H groups in total. The van der Waals surface area contributed by atoms with Crippen molar-refractivity contribution in [3.05, 3.63) is 82.9 Å². The topological polar surface area (TPSA) is 26.3 Å². The number of esters is 1. The molecule has 0 amide bonds. The van der Waals surface area contributed by atoms with Crippen molar-refractivity contribution in [1.82, 2.24) is 0 Å². The van der Waals surface area contributed by atoms with Gasteiger partial charge in [0.15, 0.2) is 0 Å². The highest BCUT2D eigenvalue weighted by Gasteiger charge is 2.31. The SMILES string of the molecule is CCCC1CC=C(c2ccc(OC(=O)c3ccc(CCCC[Si](C)(C)CC[Si](C)(C)CC(C)C4CC=C(C)CC4)cc3)cc2)CC1. The van der Waals surface area contributed by atoms with Crippen molar-refractivity contribution < 1.29 is 9.53 Å². The van der Waals surface area contributed by atoms with Crippen LogP contribution in [-0.4, -0.2) is 22.1 Å². The monoisotopic (exact) mass is 656 g/mol. The molecule has 3 unspecified atom stereocenters. The quantitative estimate of drug-likeness (QED) is 0.0591. The normalized spacial score (nSPS) is 19.7. The van der Waals surface area contributed by atoms with Gasteiger partial charge in [0.25, 0.3) is 0 Å². The van der Waals surface area contributed by atoms with Crippen molar-refractivity contribution in [3.8, 4) is 5.75 Å². The van der Waals surface area contributed by atoms with Crippen LogP contribution in [0.3, 0.4) is 0 Å². The molecule has 2 aromatic carbocycles. The highest BCUT2D eigenvalue weighted by atomic mass is 28.3. The van der Waals surface area contributed by atoms with Gasteiger partial charge in [0, 0.05) is 16.1 Å². The molecule has 2 aliphatic rings. The van der Waals surface area contributed by atoms with Crippen LogP contribution in [0.5, 0.6) is 5.75 Å². The molecule has 4 heteroatoms. The lowest BCUT2D eigenvalue weighted by Crippen LogP contribution is -2.34. The van der Waals surface area contributed by atoms with Crippen LogP contribution in [0.25, 0.3) is 5.57 Å². The molecule has 0 heterocycles. The van der Waals surface area contributed by atoms with E-state index in [-0.39, 0.29) is 5.97 Å². The number of benzene rings is 2. The Balaban J connectivity index is 1.15. The number of aryl methyl sites for hydroxylation is 1. The summed E-state index contributed by atoms with van der Waals surface area (Å²) in [7, 11) is -2.33. The zero-order chi connectivity index (χ0) is 33.2. The first-order valence-corrected chi connectivity index (χ1v) is 25.5. The lowest BCUT2D eigenvalue weighted by molar-refractivity contribution is 0.0734. The van der Waals surface area contributed by atoms with Gasteiger partial charge in [-0.3, -0.25) is 0 Å². The maximum atomic E-state index is 12.8. The van der Waals surface area contributed by atoms with Gasteiger partial charge in [0.1, 0.15) is 5.75 Å². The minimum atomic E-state index is -1.17. The van der Waals surface area contributed by atoms with Crippen LogP contribution in [0.2, 0.25) is 50.4 Å². The molecule has 3 atom stereocenters. The summed E-state index contributed by atoms with van der Waals surface area (Å²) in [5.74, 6) is 2.98. The van der Waals surface area contributed by atoms with E-state index in [1.807, 2.05) is 24.3 Å². The first kappa shape index (κ1) is 36.7. The van der Waals surface area contributed by atoms with Gasteiger partial charge in [0.05, 0.1) is 5.56 Å². The van der Waals surface area contributed by atoms with E-state index in [9.17, 15) is 4.79 Å². The van der Waals surface area contributed by atoms with Crippen molar-refractivity contribution in [1.29, 1.82) is 0 Å².